The normalized spacial score (nSPS) is 12.1. The second kappa shape index (κ2) is 9.13. The number of fused-ring (bicyclic) bond motifs is 1. The summed E-state index contributed by atoms with van der Waals surface area (Å²) in [7, 11) is 0. The van der Waals surface area contributed by atoms with Crippen molar-refractivity contribution in [2.45, 2.75) is 20.3 Å². The molecule has 6 heteroatoms. The van der Waals surface area contributed by atoms with Crippen LogP contribution in [0.5, 0.6) is 0 Å². The Hall–Kier alpha value is -2.47. The van der Waals surface area contributed by atoms with Gasteiger partial charge in [-0.05, 0) is 25.5 Å². The minimum absolute atomic E-state index is 0.148. The number of nitrogens with zero attached hydrogens (tertiary/aromatic N) is 2. The monoisotopic (exact) mass is 344 g/mol. The summed E-state index contributed by atoms with van der Waals surface area (Å²) in [6.07, 6.45) is 0.652. The molecule has 25 heavy (non-hydrogen) atoms. The van der Waals surface area contributed by atoms with Gasteiger partial charge in [-0.3, -0.25) is 9.59 Å². The predicted molar refractivity (Wildman–Crippen MR) is 95.6 cm³/mol. The molecule has 0 saturated carbocycles. The fourth-order valence-electron chi connectivity index (χ4n) is 2.53. The van der Waals surface area contributed by atoms with E-state index in [1.807, 2.05) is 37.3 Å². The van der Waals surface area contributed by atoms with Crippen molar-refractivity contribution in [2.24, 2.45) is 5.92 Å². The van der Waals surface area contributed by atoms with E-state index in [9.17, 15) is 9.59 Å². The van der Waals surface area contributed by atoms with Crippen LogP contribution in [0.25, 0.3) is 10.9 Å². The molecule has 0 aliphatic heterocycles. The van der Waals surface area contributed by atoms with Crippen LogP contribution in [0.1, 0.15) is 30.8 Å². The number of carboxylic acids is 1. The van der Waals surface area contributed by atoms with E-state index in [0.29, 0.717) is 31.9 Å². The number of hydrogen-bond acceptors (Lipinski definition) is 4. The Bertz CT molecular complexity index is 732. The highest BCUT2D eigenvalue weighted by Crippen LogP contribution is 2.14. The summed E-state index contributed by atoms with van der Waals surface area (Å²) in [4.78, 5) is 30.0. The molecule has 2 aromatic rings. The summed E-state index contributed by atoms with van der Waals surface area (Å²) >= 11 is 0. The molecule has 1 atom stereocenters. The Morgan fingerprint density at radius 1 is 1.24 bits per heavy atom. The van der Waals surface area contributed by atoms with Crippen LogP contribution >= 0.6 is 0 Å². The van der Waals surface area contributed by atoms with Gasteiger partial charge < -0.3 is 14.7 Å². The molecule has 0 saturated heterocycles. The van der Waals surface area contributed by atoms with E-state index < -0.39 is 11.9 Å². The first-order valence-electron chi connectivity index (χ1n) is 8.48. The molecule has 134 valence electrons. The van der Waals surface area contributed by atoms with Crippen LogP contribution in [0.2, 0.25) is 0 Å². The molecule has 6 nitrogen and oxygen atoms in total. The number of para-hydroxylation sites is 1. The molecule has 0 aliphatic carbocycles. The van der Waals surface area contributed by atoms with Gasteiger partial charge in [0.25, 0.3) is 5.91 Å². The van der Waals surface area contributed by atoms with Gasteiger partial charge in [0.1, 0.15) is 5.69 Å². The zero-order chi connectivity index (χ0) is 18.2. The zero-order valence-corrected chi connectivity index (χ0v) is 14.6. The van der Waals surface area contributed by atoms with Crippen LogP contribution in [0, 0.1) is 5.92 Å². The molecule has 1 unspecified atom stereocenters. The van der Waals surface area contributed by atoms with Gasteiger partial charge >= 0.3 is 5.97 Å². The smallest absolute Gasteiger partial charge is 0.308 e. The van der Waals surface area contributed by atoms with E-state index in [0.717, 1.165) is 10.9 Å². The number of rotatable bonds is 9. The molecule has 2 rings (SSSR count). The summed E-state index contributed by atoms with van der Waals surface area (Å²) in [5.41, 5.74) is 1.07. The first-order chi connectivity index (χ1) is 12.0. The van der Waals surface area contributed by atoms with E-state index in [-0.39, 0.29) is 12.5 Å². The van der Waals surface area contributed by atoms with Crippen molar-refractivity contribution in [1.82, 2.24) is 9.88 Å². The van der Waals surface area contributed by atoms with Crippen molar-refractivity contribution >= 4 is 22.8 Å². The van der Waals surface area contributed by atoms with Crippen LogP contribution in [0.3, 0.4) is 0 Å². The van der Waals surface area contributed by atoms with Gasteiger partial charge in [-0.2, -0.15) is 0 Å². The third-order valence-corrected chi connectivity index (χ3v) is 3.94. The Kier molecular flexibility index (Phi) is 6.89. The van der Waals surface area contributed by atoms with Crippen LogP contribution in [-0.4, -0.2) is 53.2 Å². The molecule has 1 aromatic carbocycles. The Labute approximate surface area is 147 Å². The van der Waals surface area contributed by atoms with E-state index in [1.165, 1.54) is 0 Å². The van der Waals surface area contributed by atoms with Crippen molar-refractivity contribution < 1.29 is 19.4 Å². The lowest BCUT2D eigenvalue weighted by molar-refractivity contribution is -0.141. The average molecular weight is 344 g/mol. The molecule has 0 bridgehead atoms. The highest BCUT2D eigenvalue weighted by molar-refractivity contribution is 5.95. The van der Waals surface area contributed by atoms with Crippen LogP contribution in [-0.2, 0) is 9.53 Å². The summed E-state index contributed by atoms with van der Waals surface area (Å²) in [6.45, 7) is 5.24. The number of amides is 1. The van der Waals surface area contributed by atoms with Crippen molar-refractivity contribution in [3.63, 3.8) is 0 Å². The Morgan fingerprint density at radius 2 is 2.00 bits per heavy atom. The van der Waals surface area contributed by atoms with Crippen LogP contribution in [0.15, 0.2) is 36.4 Å². The number of carboxylic acid groups (broad SMARTS) is 1. The maximum absolute atomic E-state index is 12.8. The fraction of sp³-hybridized carbons (Fsp3) is 0.421. The molecule has 1 aromatic heterocycles. The van der Waals surface area contributed by atoms with Gasteiger partial charge in [0.05, 0.1) is 11.4 Å². The standard InChI is InChI=1S/C19H24N2O4/c1-3-25-12-6-11-21(13-14(2)19(23)24)18(22)17-10-9-15-7-4-5-8-16(15)20-17/h4-5,7-10,14H,3,6,11-13H2,1-2H3,(H,23,24). The number of ether oxygens (including phenoxy) is 1. The summed E-state index contributed by atoms with van der Waals surface area (Å²) in [5, 5.41) is 10.1. The third-order valence-electron chi connectivity index (χ3n) is 3.94. The summed E-state index contributed by atoms with van der Waals surface area (Å²) in [6, 6.07) is 11.1. The van der Waals surface area contributed by atoms with E-state index >= 15 is 0 Å². The molecule has 1 heterocycles. The Balaban J connectivity index is 2.17. The number of benzene rings is 1. The van der Waals surface area contributed by atoms with Crippen LogP contribution < -0.4 is 0 Å². The number of carbonyl (C=O) groups excluding carboxylic acids is 1. The SMILES string of the molecule is CCOCCCN(CC(C)C(=O)O)C(=O)c1ccc2ccccc2n1. The summed E-state index contributed by atoms with van der Waals surface area (Å²) in [5.74, 6) is -1.82. The molecule has 0 radical (unpaired) electrons. The minimum atomic E-state index is -0.922. The van der Waals surface area contributed by atoms with Crippen molar-refractivity contribution in [1.29, 1.82) is 0 Å². The molecular weight excluding hydrogens is 320 g/mol. The van der Waals surface area contributed by atoms with Crippen molar-refractivity contribution in [3.8, 4) is 0 Å². The van der Waals surface area contributed by atoms with Crippen LogP contribution in [0.4, 0.5) is 0 Å². The van der Waals surface area contributed by atoms with E-state index in [2.05, 4.69) is 4.98 Å². The van der Waals surface area contributed by atoms with Gasteiger partial charge in [0.15, 0.2) is 0 Å². The van der Waals surface area contributed by atoms with Gasteiger partial charge in [-0.25, -0.2) is 4.98 Å². The van der Waals surface area contributed by atoms with Crippen molar-refractivity contribution in [2.75, 3.05) is 26.3 Å². The van der Waals surface area contributed by atoms with Crippen molar-refractivity contribution in [3.05, 3.63) is 42.1 Å². The third kappa shape index (κ3) is 5.26. The van der Waals surface area contributed by atoms with E-state index in [1.54, 1.807) is 17.9 Å². The number of carbonyl (C=O) groups is 2. The number of hydrogen-bond donors (Lipinski definition) is 1. The van der Waals surface area contributed by atoms with Gasteiger partial charge in [-0.1, -0.05) is 31.2 Å². The fourth-order valence-corrected chi connectivity index (χ4v) is 2.53. The van der Waals surface area contributed by atoms with E-state index in [4.69, 9.17) is 9.84 Å². The molecule has 0 aliphatic rings. The average Bonchev–Trinajstić information content (AvgIpc) is 2.63. The van der Waals surface area contributed by atoms with Gasteiger partial charge in [-0.15, -0.1) is 0 Å². The van der Waals surface area contributed by atoms with Gasteiger partial charge in [0, 0.05) is 31.7 Å². The number of aromatic nitrogens is 1. The molecule has 1 amide bonds. The first-order valence-corrected chi connectivity index (χ1v) is 8.48. The quantitative estimate of drug-likeness (QED) is 0.708. The minimum Gasteiger partial charge on any atom is -0.481 e. The molecule has 1 N–H and O–H groups in total. The number of aliphatic carboxylic acids is 1. The molecule has 0 spiro atoms. The largest absolute Gasteiger partial charge is 0.481 e. The molecule has 0 fully saturated rings. The highest BCUT2D eigenvalue weighted by atomic mass is 16.5. The first kappa shape index (κ1) is 18.9. The van der Waals surface area contributed by atoms with Gasteiger partial charge in [0.2, 0.25) is 0 Å². The molecular formula is C19H24N2O4. The maximum Gasteiger partial charge on any atom is 0.308 e. The predicted octanol–water partition coefficient (Wildman–Crippen LogP) is 2.82. The lowest BCUT2D eigenvalue weighted by Crippen LogP contribution is -2.38. The Morgan fingerprint density at radius 3 is 2.72 bits per heavy atom. The second-order valence-corrected chi connectivity index (χ2v) is 5.93. The zero-order valence-electron chi connectivity index (χ0n) is 14.6. The lowest BCUT2D eigenvalue weighted by atomic mass is 10.1. The second-order valence-electron chi connectivity index (χ2n) is 5.93. The highest BCUT2D eigenvalue weighted by Gasteiger charge is 2.22. The topological polar surface area (TPSA) is 79.7 Å². The summed E-state index contributed by atoms with van der Waals surface area (Å²) < 4.78 is 5.31. The number of pyridine rings is 1. The lowest BCUT2D eigenvalue weighted by Gasteiger charge is -2.24. The maximum atomic E-state index is 12.8.